The molecule has 0 saturated carbocycles. The van der Waals surface area contributed by atoms with E-state index in [1.165, 1.54) is 51.4 Å². The van der Waals surface area contributed by atoms with Crippen molar-refractivity contribution in [1.82, 2.24) is 10.6 Å². The summed E-state index contributed by atoms with van der Waals surface area (Å²) in [6.07, 6.45) is 10.8. The van der Waals surface area contributed by atoms with Gasteiger partial charge in [-0.3, -0.25) is 0 Å². The quantitative estimate of drug-likeness (QED) is 0.510. The molecule has 0 saturated heterocycles. The second-order valence-electron chi connectivity index (χ2n) is 5.51. The Hall–Kier alpha value is -0.0800. The average Bonchev–Trinajstić information content (AvgIpc) is 2.33. The number of hydrogen-bond donors (Lipinski definition) is 2. The van der Waals surface area contributed by atoms with E-state index in [-0.39, 0.29) is 0 Å². The number of nitrogens with one attached hydrogen (secondary N) is 2. The summed E-state index contributed by atoms with van der Waals surface area (Å²) >= 11 is 0. The van der Waals surface area contributed by atoms with Crippen LogP contribution in [-0.2, 0) is 0 Å². The summed E-state index contributed by atoms with van der Waals surface area (Å²) < 4.78 is 0. The molecule has 0 aromatic heterocycles. The molecular weight excluding hydrogens is 208 g/mol. The van der Waals surface area contributed by atoms with Crippen molar-refractivity contribution in [3.63, 3.8) is 0 Å². The van der Waals surface area contributed by atoms with Gasteiger partial charge in [0.1, 0.15) is 0 Å². The first-order chi connectivity index (χ1) is 8.18. The summed E-state index contributed by atoms with van der Waals surface area (Å²) in [5.74, 6) is 0. The predicted molar refractivity (Wildman–Crippen MR) is 78.6 cm³/mol. The molecule has 0 spiro atoms. The van der Waals surface area contributed by atoms with Crippen LogP contribution in [0.5, 0.6) is 0 Å². The van der Waals surface area contributed by atoms with E-state index in [0.29, 0.717) is 5.54 Å². The number of unbranched alkanes of at least 4 members (excludes halogenated alkanes) is 4. The fraction of sp³-hybridized carbons (Fsp3) is 1.00. The van der Waals surface area contributed by atoms with E-state index in [0.717, 1.165) is 13.1 Å². The minimum Gasteiger partial charge on any atom is -0.318 e. The van der Waals surface area contributed by atoms with Gasteiger partial charge in [-0.2, -0.15) is 0 Å². The molecular formula is C15H34N2. The minimum atomic E-state index is 0.362. The van der Waals surface area contributed by atoms with Gasteiger partial charge in [0.15, 0.2) is 0 Å². The summed E-state index contributed by atoms with van der Waals surface area (Å²) in [6, 6.07) is 0. The molecule has 0 aromatic rings. The van der Waals surface area contributed by atoms with Crippen LogP contribution in [0.15, 0.2) is 0 Å². The van der Waals surface area contributed by atoms with Gasteiger partial charge in [-0.15, -0.1) is 0 Å². The van der Waals surface area contributed by atoms with E-state index >= 15 is 0 Å². The van der Waals surface area contributed by atoms with Gasteiger partial charge in [0, 0.05) is 18.6 Å². The van der Waals surface area contributed by atoms with Crippen LogP contribution in [0.2, 0.25) is 0 Å². The summed E-state index contributed by atoms with van der Waals surface area (Å²) in [5, 5.41) is 6.96. The van der Waals surface area contributed by atoms with Crippen LogP contribution in [-0.4, -0.2) is 25.7 Å². The Bertz CT molecular complexity index is 159. The zero-order valence-corrected chi connectivity index (χ0v) is 12.6. The fourth-order valence-corrected chi connectivity index (χ4v) is 2.30. The molecule has 2 N–H and O–H groups in total. The van der Waals surface area contributed by atoms with Crippen LogP contribution in [0, 0.1) is 0 Å². The van der Waals surface area contributed by atoms with Crippen LogP contribution >= 0.6 is 0 Å². The van der Waals surface area contributed by atoms with Crippen molar-refractivity contribution >= 4 is 0 Å². The van der Waals surface area contributed by atoms with E-state index < -0.39 is 0 Å². The molecule has 0 radical (unpaired) electrons. The van der Waals surface area contributed by atoms with Gasteiger partial charge in [-0.25, -0.2) is 0 Å². The van der Waals surface area contributed by atoms with Crippen molar-refractivity contribution in [2.24, 2.45) is 0 Å². The molecule has 2 heteroatoms. The predicted octanol–water partition coefficient (Wildman–Crippen LogP) is 3.71. The van der Waals surface area contributed by atoms with Gasteiger partial charge in [0.2, 0.25) is 0 Å². The smallest absolute Gasteiger partial charge is 0.0153 e. The van der Waals surface area contributed by atoms with Gasteiger partial charge in [-0.1, -0.05) is 52.4 Å². The Morgan fingerprint density at radius 3 is 2.06 bits per heavy atom. The zero-order valence-electron chi connectivity index (χ0n) is 12.6. The Balaban J connectivity index is 3.90. The van der Waals surface area contributed by atoms with Crippen LogP contribution in [0.4, 0.5) is 0 Å². The second-order valence-corrected chi connectivity index (χ2v) is 5.51. The lowest BCUT2D eigenvalue weighted by Crippen LogP contribution is -2.45. The highest BCUT2D eigenvalue weighted by atomic mass is 15.0. The third-order valence-electron chi connectivity index (χ3n) is 3.59. The van der Waals surface area contributed by atoms with Gasteiger partial charge >= 0.3 is 0 Å². The summed E-state index contributed by atoms with van der Waals surface area (Å²) in [4.78, 5) is 0. The van der Waals surface area contributed by atoms with Crippen molar-refractivity contribution in [1.29, 1.82) is 0 Å². The lowest BCUT2D eigenvalue weighted by molar-refractivity contribution is 0.291. The highest BCUT2D eigenvalue weighted by Crippen LogP contribution is 2.21. The average molecular weight is 242 g/mol. The molecule has 104 valence electrons. The van der Waals surface area contributed by atoms with Crippen molar-refractivity contribution in [3.8, 4) is 0 Å². The molecule has 0 aliphatic carbocycles. The molecule has 0 amide bonds. The van der Waals surface area contributed by atoms with Gasteiger partial charge in [-0.05, 0) is 26.8 Å². The largest absolute Gasteiger partial charge is 0.318 e. The normalized spacial score (nSPS) is 14.8. The molecule has 0 aromatic carbocycles. The molecule has 1 atom stereocenters. The van der Waals surface area contributed by atoms with Crippen LogP contribution < -0.4 is 10.6 Å². The van der Waals surface area contributed by atoms with Crippen molar-refractivity contribution in [2.45, 2.75) is 77.7 Å². The maximum absolute atomic E-state index is 3.75. The van der Waals surface area contributed by atoms with E-state index in [9.17, 15) is 0 Å². The Morgan fingerprint density at radius 1 is 0.824 bits per heavy atom. The molecule has 0 aliphatic heterocycles. The highest BCUT2D eigenvalue weighted by Gasteiger charge is 2.21. The third kappa shape index (κ3) is 9.61. The van der Waals surface area contributed by atoms with E-state index in [1.807, 2.05) is 7.05 Å². The SMILES string of the molecule is CCCCCCC(C)(CCCC)NCCNC. The Kier molecular flexibility index (Phi) is 11.0. The van der Waals surface area contributed by atoms with Crippen LogP contribution in [0.1, 0.15) is 72.1 Å². The Morgan fingerprint density at radius 2 is 1.47 bits per heavy atom. The van der Waals surface area contributed by atoms with Crippen LogP contribution in [0.3, 0.4) is 0 Å². The molecule has 0 fully saturated rings. The topological polar surface area (TPSA) is 24.1 Å². The van der Waals surface area contributed by atoms with Crippen LogP contribution in [0.25, 0.3) is 0 Å². The molecule has 0 aliphatic rings. The molecule has 0 heterocycles. The molecule has 0 rings (SSSR count). The lowest BCUT2D eigenvalue weighted by Gasteiger charge is -2.31. The number of hydrogen-bond acceptors (Lipinski definition) is 2. The van der Waals surface area contributed by atoms with E-state index in [1.54, 1.807) is 0 Å². The van der Waals surface area contributed by atoms with Gasteiger partial charge in [0.25, 0.3) is 0 Å². The standard InChI is InChI=1S/C15H34N2/c1-5-7-9-10-12-15(3,11-8-6-2)17-14-13-16-4/h16-17H,5-14H2,1-4H3. The maximum Gasteiger partial charge on any atom is 0.0153 e. The van der Waals surface area contributed by atoms with E-state index in [4.69, 9.17) is 0 Å². The first-order valence-corrected chi connectivity index (χ1v) is 7.58. The zero-order chi connectivity index (χ0) is 13.0. The molecule has 17 heavy (non-hydrogen) atoms. The number of likely N-dealkylation sites (N-methyl/N-ethyl adjacent to an activating group) is 1. The van der Waals surface area contributed by atoms with Crippen molar-refractivity contribution < 1.29 is 0 Å². The monoisotopic (exact) mass is 242 g/mol. The van der Waals surface area contributed by atoms with Crippen molar-refractivity contribution in [2.75, 3.05) is 20.1 Å². The molecule has 2 nitrogen and oxygen atoms in total. The van der Waals surface area contributed by atoms with Gasteiger partial charge in [0.05, 0.1) is 0 Å². The molecule has 1 unspecified atom stereocenters. The fourth-order valence-electron chi connectivity index (χ4n) is 2.30. The minimum absolute atomic E-state index is 0.362. The first-order valence-electron chi connectivity index (χ1n) is 7.58. The second kappa shape index (κ2) is 11.0. The lowest BCUT2D eigenvalue weighted by atomic mass is 9.88. The highest BCUT2D eigenvalue weighted by molar-refractivity contribution is 4.83. The van der Waals surface area contributed by atoms with Crippen molar-refractivity contribution in [3.05, 3.63) is 0 Å². The summed E-state index contributed by atoms with van der Waals surface area (Å²) in [5.41, 5.74) is 0.362. The third-order valence-corrected chi connectivity index (χ3v) is 3.59. The van der Waals surface area contributed by atoms with E-state index in [2.05, 4.69) is 31.4 Å². The summed E-state index contributed by atoms with van der Waals surface area (Å²) in [6.45, 7) is 9.12. The summed E-state index contributed by atoms with van der Waals surface area (Å²) in [7, 11) is 2.02. The Labute approximate surface area is 109 Å². The molecule has 0 bridgehead atoms. The maximum atomic E-state index is 3.75. The number of rotatable bonds is 12. The van der Waals surface area contributed by atoms with Gasteiger partial charge < -0.3 is 10.6 Å². The first kappa shape index (κ1) is 16.9.